The topological polar surface area (TPSA) is 88.2 Å². The Kier molecular flexibility index (Phi) is 5.39. The molecule has 2 heterocycles. The van der Waals surface area contributed by atoms with Crippen LogP contribution in [0.2, 0.25) is 0 Å². The molecule has 4 rings (SSSR count). The molecule has 1 unspecified atom stereocenters. The highest BCUT2D eigenvalue weighted by molar-refractivity contribution is 7.91. The Bertz CT molecular complexity index is 1100. The molecule has 2 aromatic rings. The molecule has 0 radical (unpaired) electrons. The lowest BCUT2D eigenvalue weighted by atomic mass is 9.83. The van der Waals surface area contributed by atoms with Crippen LogP contribution in [-0.4, -0.2) is 49.9 Å². The van der Waals surface area contributed by atoms with Crippen LogP contribution < -0.4 is 10.6 Å². The molecule has 2 aliphatic rings. The number of nitrogens with zero attached hydrogens (tertiary/aromatic N) is 1. The average molecular weight is 430 g/mol. The largest absolute Gasteiger partial charge is 0.349 e. The summed E-state index contributed by atoms with van der Waals surface area (Å²) in [5.41, 5.74) is 4.76. The van der Waals surface area contributed by atoms with E-state index < -0.39 is 9.84 Å². The van der Waals surface area contributed by atoms with E-state index in [1.807, 2.05) is 13.0 Å². The average Bonchev–Trinajstić information content (AvgIpc) is 3.49. The van der Waals surface area contributed by atoms with E-state index >= 15 is 0 Å². The molecule has 0 spiro atoms. The normalized spacial score (nSPS) is 21.5. The summed E-state index contributed by atoms with van der Waals surface area (Å²) in [5.74, 6) is 0.588. The van der Waals surface area contributed by atoms with E-state index in [0.717, 1.165) is 16.5 Å². The van der Waals surface area contributed by atoms with Crippen LogP contribution in [0, 0.1) is 6.92 Å². The first-order valence-corrected chi connectivity index (χ1v) is 12.5. The summed E-state index contributed by atoms with van der Waals surface area (Å²) < 4.78 is 23.6. The van der Waals surface area contributed by atoms with E-state index in [-0.39, 0.29) is 35.4 Å². The minimum Gasteiger partial charge on any atom is -0.349 e. The minimum absolute atomic E-state index is 0.0512. The number of hydrogen-bond acceptors (Lipinski definition) is 5. The van der Waals surface area contributed by atoms with Crippen LogP contribution in [0.4, 0.5) is 0 Å². The van der Waals surface area contributed by atoms with E-state index in [0.29, 0.717) is 18.2 Å². The number of benzene rings is 1. The lowest BCUT2D eigenvalue weighted by molar-refractivity contribution is 0.0945. The molecule has 1 aromatic heterocycles. The van der Waals surface area contributed by atoms with Crippen LogP contribution in [-0.2, 0) is 15.3 Å². The fourth-order valence-corrected chi connectivity index (χ4v) is 5.60. The van der Waals surface area contributed by atoms with Gasteiger partial charge in [0.2, 0.25) is 0 Å². The highest BCUT2D eigenvalue weighted by Gasteiger charge is 2.28. The third-order valence-corrected chi connectivity index (χ3v) is 7.78. The number of rotatable bonds is 4. The van der Waals surface area contributed by atoms with Crippen LogP contribution in [0.15, 0.2) is 18.2 Å². The van der Waals surface area contributed by atoms with Gasteiger partial charge in [0.25, 0.3) is 5.91 Å². The molecule has 1 aliphatic carbocycles. The van der Waals surface area contributed by atoms with Gasteiger partial charge in [-0.25, -0.2) is 13.4 Å². The van der Waals surface area contributed by atoms with Crippen LogP contribution in [0.1, 0.15) is 66.7 Å². The molecule has 7 heteroatoms. The van der Waals surface area contributed by atoms with Crippen molar-refractivity contribution in [3.8, 4) is 0 Å². The van der Waals surface area contributed by atoms with Crippen molar-refractivity contribution in [2.24, 2.45) is 0 Å². The number of nitrogens with one attached hydrogen (secondary N) is 2. The van der Waals surface area contributed by atoms with Crippen LogP contribution in [0.3, 0.4) is 0 Å². The lowest BCUT2D eigenvalue weighted by Gasteiger charge is -2.24. The number of pyridine rings is 1. The third-order valence-electron chi connectivity index (χ3n) is 6.04. The molecule has 162 valence electrons. The van der Waals surface area contributed by atoms with Gasteiger partial charge in [0.1, 0.15) is 5.69 Å². The second-order valence-corrected chi connectivity index (χ2v) is 12.0. The predicted octanol–water partition coefficient (Wildman–Crippen LogP) is 2.83. The van der Waals surface area contributed by atoms with Gasteiger partial charge in [-0.1, -0.05) is 26.8 Å². The number of aromatic nitrogens is 1. The van der Waals surface area contributed by atoms with Crippen molar-refractivity contribution in [2.45, 2.75) is 57.9 Å². The van der Waals surface area contributed by atoms with Gasteiger partial charge < -0.3 is 10.6 Å². The first-order chi connectivity index (χ1) is 14.0. The summed E-state index contributed by atoms with van der Waals surface area (Å²) in [5, 5.41) is 7.14. The fourth-order valence-electron chi connectivity index (χ4n) is 4.16. The molecule has 30 heavy (non-hydrogen) atoms. The molecule has 6 nitrogen and oxygen atoms in total. The Labute approximate surface area is 178 Å². The summed E-state index contributed by atoms with van der Waals surface area (Å²) in [4.78, 5) is 17.6. The summed E-state index contributed by atoms with van der Waals surface area (Å²) in [6.07, 6.45) is 2.49. The number of aryl methyl sites for hydroxylation is 1. The van der Waals surface area contributed by atoms with Crippen molar-refractivity contribution in [1.29, 1.82) is 0 Å². The van der Waals surface area contributed by atoms with Crippen molar-refractivity contribution in [1.82, 2.24) is 15.6 Å². The van der Waals surface area contributed by atoms with Crippen molar-refractivity contribution >= 4 is 26.6 Å². The number of fused-ring (bicyclic) bond motifs is 1. The highest BCUT2D eigenvalue weighted by atomic mass is 32.2. The van der Waals surface area contributed by atoms with Crippen LogP contribution in [0.25, 0.3) is 10.9 Å². The molecule has 1 aromatic carbocycles. The van der Waals surface area contributed by atoms with Gasteiger partial charge >= 0.3 is 0 Å². The zero-order valence-corrected chi connectivity index (χ0v) is 19.0. The molecule has 1 amide bonds. The molecular formula is C23H31N3O3S. The van der Waals surface area contributed by atoms with Gasteiger partial charge in [-0.3, -0.25) is 4.79 Å². The first kappa shape index (κ1) is 21.2. The van der Waals surface area contributed by atoms with E-state index in [4.69, 9.17) is 4.98 Å². The molecule has 0 bridgehead atoms. The predicted molar refractivity (Wildman–Crippen MR) is 120 cm³/mol. The van der Waals surface area contributed by atoms with Gasteiger partial charge in [0.15, 0.2) is 9.84 Å². The molecular weight excluding hydrogens is 398 g/mol. The first-order valence-electron chi connectivity index (χ1n) is 10.7. The fraction of sp³-hybridized carbons (Fsp3) is 0.565. The van der Waals surface area contributed by atoms with Crippen LogP contribution >= 0.6 is 0 Å². The maximum atomic E-state index is 12.8. The molecule has 1 aliphatic heterocycles. The number of carbonyl (C=O) groups is 1. The van der Waals surface area contributed by atoms with E-state index in [1.54, 1.807) is 0 Å². The second-order valence-electron chi connectivity index (χ2n) is 9.79. The Morgan fingerprint density at radius 3 is 2.60 bits per heavy atom. The number of amides is 1. The summed E-state index contributed by atoms with van der Waals surface area (Å²) in [7, 11) is -3.04. The monoisotopic (exact) mass is 429 g/mol. The zero-order chi connectivity index (χ0) is 21.7. The molecule has 2 N–H and O–H groups in total. The Morgan fingerprint density at radius 2 is 1.97 bits per heavy atom. The smallest absolute Gasteiger partial charge is 0.269 e. The van der Waals surface area contributed by atoms with E-state index in [1.165, 1.54) is 24.0 Å². The Morgan fingerprint density at radius 1 is 1.23 bits per heavy atom. The Hall–Kier alpha value is -1.99. The maximum Gasteiger partial charge on any atom is 0.269 e. The number of hydrogen-bond donors (Lipinski definition) is 2. The third kappa shape index (κ3) is 4.52. The van der Waals surface area contributed by atoms with Gasteiger partial charge in [0, 0.05) is 24.5 Å². The maximum absolute atomic E-state index is 12.8. The molecule has 2 fully saturated rings. The zero-order valence-electron chi connectivity index (χ0n) is 18.2. The summed E-state index contributed by atoms with van der Waals surface area (Å²) in [6, 6.07) is 6.08. The van der Waals surface area contributed by atoms with Crippen molar-refractivity contribution < 1.29 is 13.2 Å². The van der Waals surface area contributed by atoms with Gasteiger partial charge in [-0.15, -0.1) is 0 Å². The Balaban J connectivity index is 1.63. The quantitative estimate of drug-likeness (QED) is 0.780. The number of sulfone groups is 1. The lowest BCUT2D eigenvalue weighted by Crippen LogP contribution is -2.50. The molecule has 1 saturated carbocycles. The van der Waals surface area contributed by atoms with Crippen LogP contribution in [0.5, 0.6) is 0 Å². The van der Waals surface area contributed by atoms with Gasteiger partial charge in [-0.05, 0) is 59.9 Å². The van der Waals surface area contributed by atoms with Crippen molar-refractivity contribution in [3.05, 3.63) is 40.6 Å². The van der Waals surface area contributed by atoms with Gasteiger partial charge in [0.05, 0.1) is 17.0 Å². The van der Waals surface area contributed by atoms with Crippen molar-refractivity contribution in [2.75, 3.05) is 24.6 Å². The standard InChI is InChI=1S/C23H31N3O3S/c1-14-9-20(22(27)25-12-17-13-30(28,29)8-7-24-17)26-21-18(14)10-16(15-5-6-15)11-19(21)23(2,3)4/h9-11,15,17,24H,5-8,12-13H2,1-4H3,(H,25,27). The molecule has 1 atom stereocenters. The molecule has 1 saturated heterocycles. The van der Waals surface area contributed by atoms with Crippen molar-refractivity contribution in [3.63, 3.8) is 0 Å². The summed E-state index contributed by atoms with van der Waals surface area (Å²) >= 11 is 0. The van der Waals surface area contributed by atoms with E-state index in [9.17, 15) is 13.2 Å². The minimum atomic E-state index is -3.04. The number of carbonyl (C=O) groups excluding carboxylic acids is 1. The van der Waals surface area contributed by atoms with Gasteiger partial charge in [-0.2, -0.15) is 0 Å². The summed E-state index contributed by atoms with van der Waals surface area (Å²) in [6.45, 7) is 9.25. The highest BCUT2D eigenvalue weighted by Crippen LogP contribution is 2.43. The van der Waals surface area contributed by atoms with E-state index in [2.05, 4.69) is 43.5 Å². The SMILES string of the molecule is Cc1cc(C(=O)NCC2CS(=O)(=O)CCN2)nc2c(C(C)(C)C)cc(C3CC3)cc12. The second kappa shape index (κ2) is 7.61.